The van der Waals surface area contributed by atoms with Gasteiger partial charge in [-0.1, -0.05) is 15.1 Å². The molecule has 0 aromatic carbocycles. The summed E-state index contributed by atoms with van der Waals surface area (Å²) in [6, 6.07) is 0. The van der Waals surface area contributed by atoms with Crippen molar-refractivity contribution >= 4 is 27.1 Å². The molecule has 15 nitrogen and oxygen atoms in total. The van der Waals surface area contributed by atoms with E-state index in [1.54, 1.807) is 0 Å². The van der Waals surface area contributed by atoms with Crippen LogP contribution in [0.2, 0.25) is 0 Å². The Morgan fingerprint density at radius 1 is 0.400 bits per heavy atom. The third-order valence-electron chi connectivity index (χ3n) is 0.816. The van der Waals surface area contributed by atoms with Crippen molar-refractivity contribution in [2.24, 2.45) is 0 Å². The van der Waals surface area contributed by atoms with E-state index in [0.717, 1.165) is 0 Å². The molecular formula is Lu2O15Si3. The molecule has 3 aliphatic rings. The first-order valence-corrected chi connectivity index (χ1v) is 8.35. The zero-order valence-electron chi connectivity index (χ0n) is 8.14. The molecule has 0 amide bonds. The second kappa shape index (κ2) is 10.4. The van der Waals surface area contributed by atoms with Crippen LogP contribution in [0.3, 0.4) is 0 Å². The summed E-state index contributed by atoms with van der Waals surface area (Å²) in [5, 5.41) is 10.1. The summed E-state index contributed by atoms with van der Waals surface area (Å²) in [5.41, 5.74) is 0. The monoisotopic (exact) mass is 674 g/mol. The van der Waals surface area contributed by atoms with Crippen molar-refractivity contribution in [1.29, 1.82) is 0 Å². The van der Waals surface area contributed by atoms with Crippen molar-refractivity contribution in [3.05, 3.63) is 0 Å². The fourth-order valence-corrected chi connectivity index (χ4v) is 0.806. The Kier molecular flexibility index (Phi) is 12.9. The second-order valence-corrected chi connectivity index (χ2v) is 6.20. The van der Waals surface area contributed by atoms with Crippen LogP contribution >= 0.6 is 0 Å². The van der Waals surface area contributed by atoms with E-state index in [9.17, 15) is 28.8 Å². The predicted octanol–water partition coefficient (Wildman–Crippen LogP) is -8.89. The van der Waals surface area contributed by atoms with Crippen LogP contribution < -0.4 is 28.8 Å². The molecule has 0 aliphatic carbocycles. The van der Waals surface area contributed by atoms with E-state index in [2.05, 4.69) is 42.6 Å². The number of hydrogen-bond donors (Lipinski definition) is 0. The smallest absolute Gasteiger partial charge is 0.824 e. The predicted molar refractivity (Wildman–Crippen MR) is 27.0 cm³/mol. The van der Waals surface area contributed by atoms with E-state index in [4.69, 9.17) is 0 Å². The van der Waals surface area contributed by atoms with Crippen LogP contribution in [0.4, 0.5) is 0 Å². The van der Waals surface area contributed by atoms with Gasteiger partial charge in [-0.3, -0.25) is 27.5 Å². The number of rotatable bonds is 0. The minimum atomic E-state index is -4.17. The first-order chi connectivity index (χ1) is 8.12. The van der Waals surface area contributed by atoms with Gasteiger partial charge in [0.05, 0.1) is 0 Å². The van der Waals surface area contributed by atoms with E-state index in [1.807, 2.05) is 0 Å². The van der Waals surface area contributed by atoms with E-state index in [0.29, 0.717) is 0 Å². The molecule has 0 spiro atoms. The molecule has 3 rings (SSSR count). The van der Waals surface area contributed by atoms with Gasteiger partial charge in [0.25, 0.3) is 27.1 Å². The maximum Gasteiger partial charge on any atom is 3.00 e. The fraction of sp³-hybridized carbons (Fsp3) is 0. The molecule has 3 aliphatic heterocycles. The van der Waals surface area contributed by atoms with Gasteiger partial charge in [0.1, 0.15) is 0 Å². The van der Waals surface area contributed by atoms with Crippen LogP contribution in [0.25, 0.3) is 0 Å². The fourth-order valence-electron chi connectivity index (χ4n) is 0.269. The summed E-state index contributed by atoms with van der Waals surface area (Å²) in [7, 11) is -12.5. The van der Waals surface area contributed by atoms with Crippen LogP contribution in [0.5, 0.6) is 0 Å². The van der Waals surface area contributed by atoms with Crippen LogP contribution in [0.1, 0.15) is 0 Å². The molecule has 0 aromatic heterocycles. The topological polar surface area (TPSA) is 221 Å². The molecule has 0 radical (unpaired) electrons. The molecule has 0 aromatic rings. The Morgan fingerprint density at radius 2 is 0.500 bits per heavy atom. The summed E-state index contributed by atoms with van der Waals surface area (Å²) >= 11 is 0. The van der Waals surface area contributed by atoms with Gasteiger partial charge in [0, 0.05) is 0 Å². The van der Waals surface area contributed by atoms with Gasteiger partial charge in [-0.05, 0) is 0 Å². The average molecular weight is 674 g/mol. The van der Waals surface area contributed by atoms with Crippen molar-refractivity contribution in [3.8, 4) is 0 Å². The van der Waals surface area contributed by atoms with E-state index >= 15 is 0 Å². The molecule has 0 atom stereocenters. The first kappa shape index (κ1) is 24.8. The van der Waals surface area contributed by atoms with Gasteiger partial charge in [-0.15, -0.1) is 0 Å². The normalized spacial score (nSPS) is 26.1. The Bertz CT molecular complexity index is 205. The third-order valence-corrected chi connectivity index (χ3v) is 2.45. The van der Waals surface area contributed by atoms with Gasteiger partial charge >= 0.3 is 73.7 Å². The summed E-state index contributed by atoms with van der Waals surface area (Å²) < 4.78 is 20.5. The zero-order chi connectivity index (χ0) is 13.9. The molecule has 0 unspecified atom stereocenters. The summed E-state index contributed by atoms with van der Waals surface area (Å²) in [6.07, 6.45) is 0. The summed E-state index contributed by atoms with van der Waals surface area (Å²) in [6.45, 7) is 0. The molecule has 0 saturated carbocycles. The van der Waals surface area contributed by atoms with Gasteiger partial charge in [0.2, 0.25) is 0 Å². The van der Waals surface area contributed by atoms with Gasteiger partial charge in [-0.2, -0.15) is 0 Å². The van der Waals surface area contributed by atoms with Crippen molar-refractivity contribution in [2.45, 2.75) is 0 Å². The van der Waals surface area contributed by atoms with Gasteiger partial charge < -0.3 is 28.8 Å². The van der Waals surface area contributed by atoms with E-state index < -0.39 is 27.1 Å². The molecule has 3 saturated heterocycles. The molecule has 20 heavy (non-hydrogen) atoms. The summed E-state index contributed by atoms with van der Waals surface area (Å²) in [5.74, 6) is 0. The average Bonchev–Trinajstić information content (AvgIpc) is 2.13. The van der Waals surface area contributed by atoms with Crippen molar-refractivity contribution in [1.82, 2.24) is 0 Å². The van der Waals surface area contributed by atoms with Crippen LogP contribution in [-0.4, -0.2) is 27.1 Å². The number of hydrogen-bond acceptors (Lipinski definition) is 15. The molecule has 132 valence electrons. The zero-order valence-corrected chi connectivity index (χ0v) is 14.5. The molecular weight excluding hydrogens is 674 g/mol. The minimum absolute atomic E-state index is 0. The standard InChI is InChI=1S/2Lu.3O5Si/c;;3*1-6(2)4-3-5-6/q2*+3;3*-2. The van der Waals surface area contributed by atoms with Crippen molar-refractivity contribution < 1.29 is 145 Å². The Balaban J connectivity index is 0. The van der Waals surface area contributed by atoms with Gasteiger partial charge in [-0.25, -0.2) is 0 Å². The quantitative estimate of drug-likeness (QED) is 0.172. The van der Waals surface area contributed by atoms with Gasteiger partial charge in [0.15, 0.2) is 0 Å². The molecule has 0 bridgehead atoms. The largest absolute Gasteiger partial charge is 3.00 e. The molecule has 3 fully saturated rings. The van der Waals surface area contributed by atoms with Crippen LogP contribution in [0.15, 0.2) is 0 Å². The SMILES string of the molecule is [Lu+3].[Lu+3].[O-][Si]1([O-])OOO1.[O-][Si]1([O-])OOO1.[O-][Si]1([O-])OOO1. The van der Waals surface area contributed by atoms with Crippen LogP contribution in [-0.2, 0) is 42.6 Å². The molecule has 0 N–H and O–H groups in total. The minimum Gasteiger partial charge on any atom is -0.824 e. The Morgan fingerprint density at radius 3 is 0.500 bits per heavy atom. The van der Waals surface area contributed by atoms with Crippen molar-refractivity contribution in [3.63, 3.8) is 0 Å². The third kappa shape index (κ3) is 11.1. The van der Waals surface area contributed by atoms with E-state index in [1.165, 1.54) is 0 Å². The van der Waals surface area contributed by atoms with Crippen LogP contribution in [0, 0.1) is 73.7 Å². The second-order valence-electron chi connectivity index (χ2n) is 2.20. The first-order valence-electron chi connectivity index (χ1n) is 3.45. The molecule has 3 heterocycles. The molecule has 20 heteroatoms. The Hall–Kier alpha value is 2.52. The maximum atomic E-state index is 9.57. The maximum absolute atomic E-state index is 9.57. The van der Waals surface area contributed by atoms with E-state index in [-0.39, 0.29) is 73.7 Å². The summed E-state index contributed by atoms with van der Waals surface area (Å²) in [4.78, 5) is 57.4. The Labute approximate surface area is 170 Å². The van der Waals surface area contributed by atoms with Crippen molar-refractivity contribution in [2.75, 3.05) is 0 Å².